The molecule has 1 aliphatic rings. The molecule has 0 bridgehead atoms. The summed E-state index contributed by atoms with van der Waals surface area (Å²) in [5.41, 5.74) is 0. The molecular weight excluding hydrogens is 226 g/mol. The molecule has 1 aliphatic heterocycles. The number of thiophene rings is 1. The minimum Gasteiger partial charge on any atom is -0.348 e. The monoisotopic (exact) mass is 231 g/mol. The van der Waals surface area contributed by atoms with E-state index in [0.717, 1.165) is 4.47 Å². The van der Waals surface area contributed by atoms with Crippen LogP contribution in [0.4, 0.5) is 0 Å². The van der Waals surface area contributed by atoms with Crippen molar-refractivity contribution in [2.45, 2.75) is 12.5 Å². The maximum Gasteiger partial charge on any atom is 0.222 e. The number of β-lactam (4-membered cyclic amide) rings is 1. The summed E-state index contributed by atoms with van der Waals surface area (Å²) in [5, 5.41) is 4.85. The van der Waals surface area contributed by atoms with Crippen LogP contribution in [0.15, 0.2) is 15.9 Å². The molecule has 1 aromatic heterocycles. The predicted octanol–water partition coefficient (Wildman–Crippen LogP) is 2.07. The van der Waals surface area contributed by atoms with Gasteiger partial charge in [-0.1, -0.05) is 0 Å². The number of rotatable bonds is 1. The molecule has 1 N–H and O–H groups in total. The van der Waals surface area contributed by atoms with Gasteiger partial charge in [0.15, 0.2) is 0 Å². The van der Waals surface area contributed by atoms with Crippen LogP contribution in [0.3, 0.4) is 0 Å². The van der Waals surface area contributed by atoms with E-state index < -0.39 is 0 Å². The van der Waals surface area contributed by atoms with Gasteiger partial charge in [-0.05, 0) is 27.4 Å². The van der Waals surface area contributed by atoms with Gasteiger partial charge in [0.05, 0.1) is 12.5 Å². The number of nitrogens with one attached hydrogen (secondary N) is 1. The van der Waals surface area contributed by atoms with E-state index in [1.165, 1.54) is 4.88 Å². The lowest BCUT2D eigenvalue weighted by molar-refractivity contribution is -0.128. The van der Waals surface area contributed by atoms with Crippen LogP contribution in [-0.2, 0) is 4.79 Å². The van der Waals surface area contributed by atoms with E-state index in [-0.39, 0.29) is 11.9 Å². The minimum atomic E-state index is 0.148. The van der Waals surface area contributed by atoms with Gasteiger partial charge in [0.1, 0.15) is 0 Å². The Morgan fingerprint density at radius 3 is 2.91 bits per heavy atom. The lowest BCUT2D eigenvalue weighted by Crippen LogP contribution is -2.41. The van der Waals surface area contributed by atoms with Gasteiger partial charge in [-0.3, -0.25) is 4.79 Å². The second kappa shape index (κ2) is 2.60. The topological polar surface area (TPSA) is 29.1 Å². The maximum absolute atomic E-state index is 10.6. The number of amides is 1. The fourth-order valence-corrected chi connectivity index (χ4v) is 2.77. The summed E-state index contributed by atoms with van der Waals surface area (Å²) in [4.78, 5) is 11.8. The average Bonchev–Trinajstić information content (AvgIpc) is 2.29. The number of halogens is 1. The molecule has 11 heavy (non-hydrogen) atoms. The number of carbonyl (C=O) groups excluding carboxylic acids is 1. The highest BCUT2D eigenvalue weighted by Gasteiger charge is 2.28. The molecule has 1 atom stereocenters. The van der Waals surface area contributed by atoms with Gasteiger partial charge in [0.25, 0.3) is 0 Å². The molecular formula is C7H6BrNOS. The highest BCUT2D eigenvalue weighted by atomic mass is 79.9. The van der Waals surface area contributed by atoms with Crippen molar-refractivity contribution in [1.29, 1.82) is 0 Å². The Morgan fingerprint density at radius 1 is 1.73 bits per heavy atom. The second-order valence-electron chi connectivity index (χ2n) is 2.46. The quantitative estimate of drug-likeness (QED) is 0.738. The standard InChI is InChI=1S/C7H6BrNOS/c8-4-1-2-11-7(4)5-3-6(10)9-5/h1-2,5H,3H2,(H,9,10). The summed E-state index contributed by atoms with van der Waals surface area (Å²) in [6, 6.07) is 2.27. The molecule has 0 spiro atoms. The lowest BCUT2D eigenvalue weighted by Gasteiger charge is -2.26. The number of hydrogen-bond donors (Lipinski definition) is 1. The van der Waals surface area contributed by atoms with E-state index >= 15 is 0 Å². The van der Waals surface area contributed by atoms with Gasteiger partial charge >= 0.3 is 0 Å². The molecule has 2 heterocycles. The molecule has 2 nitrogen and oxygen atoms in total. The highest BCUT2D eigenvalue weighted by molar-refractivity contribution is 9.10. The van der Waals surface area contributed by atoms with Crippen molar-refractivity contribution in [3.8, 4) is 0 Å². The van der Waals surface area contributed by atoms with Crippen LogP contribution in [0.2, 0.25) is 0 Å². The molecule has 58 valence electrons. The van der Waals surface area contributed by atoms with E-state index in [0.29, 0.717) is 6.42 Å². The zero-order valence-electron chi connectivity index (χ0n) is 5.63. The summed E-state index contributed by atoms with van der Waals surface area (Å²) < 4.78 is 1.10. The van der Waals surface area contributed by atoms with Gasteiger partial charge < -0.3 is 5.32 Å². The average molecular weight is 232 g/mol. The van der Waals surface area contributed by atoms with Crippen molar-refractivity contribution < 1.29 is 4.79 Å². The van der Waals surface area contributed by atoms with Crippen molar-refractivity contribution >= 4 is 33.2 Å². The molecule has 0 aliphatic carbocycles. The van der Waals surface area contributed by atoms with Crippen LogP contribution in [0.25, 0.3) is 0 Å². The summed E-state index contributed by atoms with van der Waals surface area (Å²) in [6.45, 7) is 0. The first-order valence-electron chi connectivity index (χ1n) is 3.29. The largest absolute Gasteiger partial charge is 0.348 e. The summed E-state index contributed by atoms with van der Waals surface area (Å²) in [6.07, 6.45) is 0.638. The first-order valence-corrected chi connectivity index (χ1v) is 4.97. The Bertz CT molecular complexity index is 288. The number of hydrogen-bond acceptors (Lipinski definition) is 2. The Kier molecular flexibility index (Phi) is 1.73. The first kappa shape index (κ1) is 7.31. The van der Waals surface area contributed by atoms with E-state index in [4.69, 9.17) is 0 Å². The van der Waals surface area contributed by atoms with Crippen molar-refractivity contribution in [3.05, 3.63) is 20.8 Å². The normalized spacial score (nSPS) is 22.6. The van der Waals surface area contributed by atoms with Gasteiger partial charge in [0.2, 0.25) is 5.91 Å². The Balaban J connectivity index is 2.18. The SMILES string of the molecule is O=C1CC(c2sccc2Br)N1. The molecule has 1 fully saturated rings. The Morgan fingerprint density at radius 2 is 2.45 bits per heavy atom. The zero-order valence-corrected chi connectivity index (χ0v) is 8.04. The van der Waals surface area contributed by atoms with Crippen molar-refractivity contribution in [1.82, 2.24) is 5.32 Å². The number of carbonyl (C=O) groups is 1. The van der Waals surface area contributed by atoms with E-state index in [1.807, 2.05) is 11.4 Å². The highest BCUT2D eigenvalue weighted by Crippen LogP contribution is 2.34. The third kappa shape index (κ3) is 1.20. The van der Waals surface area contributed by atoms with Gasteiger partial charge in [0, 0.05) is 9.35 Å². The van der Waals surface area contributed by atoms with Crippen LogP contribution in [0.1, 0.15) is 17.3 Å². The van der Waals surface area contributed by atoms with Crippen molar-refractivity contribution in [2.75, 3.05) is 0 Å². The molecule has 2 rings (SSSR count). The minimum absolute atomic E-state index is 0.148. The molecule has 1 saturated heterocycles. The van der Waals surface area contributed by atoms with E-state index in [9.17, 15) is 4.79 Å². The molecule has 4 heteroatoms. The summed E-state index contributed by atoms with van der Waals surface area (Å²) >= 11 is 5.09. The van der Waals surface area contributed by atoms with E-state index in [1.54, 1.807) is 11.3 Å². The van der Waals surface area contributed by atoms with E-state index in [2.05, 4.69) is 21.2 Å². The third-order valence-electron chi connectivity index (χ3n) is 1.69. The van der Waals surface area contributed by atoms with Crippen LogP contribution < -0.4 is 5.32 Å². The van der Waals surface area contributed by atoms with Gasteiger partial charge in [-0.2, -0.15) is 0 Å². The lowest BCUT2D eigenvalue weighted by atomic mass is 10.1. The molecule has 1 aromatic rings. The smallest absolute Gasteiger partial charge is 0.222 e. The predicted molar refractivity (Wildman–Crippen MR) is 47.5 cm³/mol. The maximum atomic E-state index is 10.6. The zero-order chi connectivity index (χ0) is 7.84. The Labute approximate surface area is 76.7 Å². The Hall–Kier alpha value is -0.350. The van der Waals surface area contributed by atoms with Crippen LogP contribution in [-0.4, -0.2) is 5.91 Å². The van der Waals surface area contributed by atoms with Gasteiger partial charge in [-0.15, -0.1) is 11.3 Å². The molecule has 1 amide bonds. The first-order chi connectivity index (χ1) is 5.27. The fraction of sp³-hybridized carbons (Fsp3) is 0.286. The van der Waals surface area contributed by atoms with Crippen LogP contribution in [0.5, 0.6) is 0 Å². The summed E-state index contributed by atoms with van der Waals surface area (Å²) in [5.74, 6) is 0.148. The molecule has 0 aromatic carbocycles. The molecule has 0 radical (unpaired) electrons. The molecule has 1 unspecified atom stereocenters. The molecule has 0 saturated carbocycles. The van der Waals surface area contributed by atoms with Crippen LogP contribution in [0, 0.1) is 0 Å². The van der Waals surface area contributed by atoms with Gasteiger partial charge in [-0.25, -0.2) is 0 Å². The second-order valence-corrected chi connectivity index (χ2v) is 4.26. The third-order valence-corrected chi connectivity index (χ3v) is 3.67. The van der Waals surface area contributed by atoms with Crippen molar-refractivity contribution in [3.63, 3.8) is 0 Å². The summed E-state index contributed by atoms with van der Waals surface area (Å²) in [7, 11) is 0. The van der Waals surface area contributed by atoms with Crippen molar-refractivity contribution in [2.24, 2.45) is 0 Å². The van der Waals surface area contributed by atoms with Crippen LogP contribution >= 0.6 is 27.3 Å². The fourth-order valence-electron chi connectivity index (χ4n) is 1.07.